The molecule has 0 radical (unpaired) electrons. The molecule has 1 heterocycles. The van der Waals surface area contributed by atoms with E-state index in [4.69, 9.17) is 4.42 Å². The lowest BCUT2D eigenvalue weighted by atomic mass is 10.2. The lowest BCUT2D eigenvalue weighted by molar-refractivity contribution is 0.0988. The van der Waals surface area contributed by atoms with Gasteiger partial charge in [0.25, 0.3) is 0 Å². The average molecular weight is 229 g/mol. The number of furan rings is 1. The molecular formula is C14H15NO2. The molecule has 2 rings (SSSR count). The maximum Gasteiger partial charge on any atom is 0.200 e. The number of aryl methyl sites for hydroxylation is 1. The summed E-state index contributed by atoms with van der Waals surface area (Å²) in [5.41, 5.74) is 2.22. The summed E-state index contributed by atoms with van der Waals surface area (Å²) in [6.07, 6.45) is 0. The van der Waals surface area contributed by atoms with Crippen molar-refractivity contribution in [2.24, 2.45) is 0 Å². The van der Waals surface area contributed by atoms with Crippen LogP contribution >= 0.6 is 0 Å². The van der Waals surface area contributed by atoms with Gasteiger partial charge in [-0.05, 0) is 30.7 Å². The van der Waals surface area contributed by atoms with Crippen LogP contribution in [0.2, 0.25) is 0 Å². The van der Waals surface area contributed by atoms with E-state index in [0.29, 0.717) is 11.6 Å². The van der Waals surface area contributed by atoms with Gasteiger partial charge in [-0.15, -0.1) is 0 Å². The Hall–Kier alpha value is -2.03. The van der Waals surface area contributed by atoms with Gasteiger partial charge in [0.05, 0.1) is 0 Å². The minimum absolute atomic E-state index is 0.0612. The number of anilines is 2. The highest BCUT2D eigenvalue weighted by Gasteiger charge is 2.11. The van der Waals surface area contributed by atoms with Crippen LogP contribution in [0.15, 0.2) is 40.8 Å². The van der Waals surface area contributed by atoms with Crippen LogP contribution in [0.25, 0.3) is 0 Å². The van der Waals surface area contributed by atoms with E-state index in [1.54, 1.807) is 12.1 Å². The number of carbonyl (C=O) groups excluding carboxylic acids is 1. The first-order valence-electron chi connectivity index (χ1n) is 5.49. The predicted molar refractivity (Wildman–Crippen MR) is 68.0 cm³/mol. The summed E-state index contributed by atoms with van der Waals surface area (Å²) in [7, 11) is 1.91. The summed E-state index contributed by atoms with van der Waals surface area (Å²) in [4.78, 5) is 13.1. The second-order valence-corrected chi connectivity index (χ2v) is 4.09. The van der Waals surface area contributed by atoms with E-state index in [9.17, 15) is 4.79 Å². The van der Waals surface area contributed by atoms with E-state index in [0.717, 1.165) is 5.69 Å². The van der Waals surface area contributed by atoms with Crippen molar-refractivity contribution in [1.29, 1.82) is 0 Å². The third-order valence-electron chi connectivity index (χ3n) is 2.66. The molecule has 0 saturated carbocycles. The fourth-order valence-corrected chi connectivity index (χ4v) is 1.66. The van der Waals surface area contributed by atoms with Gasteiger partial charge in [0, 0.05) is 25.7 Å². The maximum atomic E-state index is 11.2. The Morgan fingerprint density at radius 1 is 1.24 bits per heavy atom. The fraction of sp³-hybridized carbons (Fsp3) is 0.214. The van der Waals surface area contributed by atoms with E-state index in [1.165, 1.54) is 12.5 Å². The van der Waals surface area contributed by atoms with Crippen LogP contribution < -0.4 is 4.90 Å². The van der Waals surface area contributed by atoms with E-state index >= 15 is 0 Å². The normalized spacial score (nSPS) is 10.3. The Balaban J connectivity index is 2.30. The van der Waals surface area contributed by atoms with Crippen molar-refractivity contribution in [3.63, 3.8) is 0 Å². The number of rotatable bonds is 3. The van der Waals surface area contributed by atoms with Crippen LogP contribution in [-0.2, 0) is 0 Å². The molecule has 0 fully saturated rings. The van der Waals surface area contributed by atoms with Gasteiger partial charge in [-0.2, -0.15) is 0 Å². The SMILES string of the molecule is CC(=O)c1ccc(N(C)c2cccc(C)c2)o1. The van der Waals surface area contributed by atoms with Crippen LogP contribution in [0.4, 0.5) is 11.6 Å². The summed E-state index contributed by atoms with van der Waals surface area (Å²) < 4.78 is 5.48. The standard InChI is InChI=1S/C14H15NO2/c1-10-5-4-6-12(9-10)15(3)14-8-7-13(17-14)11(2)16/h4-9H,1-3H3. The van der Waals surface area contributed by atoms with Crippen LogP contribution in [0.3, 0.4) is 0 Å². The van der Waals surface area contributed by atoms with Crippen LogP contribution in [-0.4, -0.2) is 12.8 Å². The summed E-state index contributed by atoms with van der Waals surface area (Å²) in [6, 6.07) is 11.6. The van der Waals surface area contributed by atoms with E-state index < -0.39 is 0 Å². The van der Waals surface area contributed by atoms with E-state index in [1.807, 2.05) is 37.1 Å². The van der Waals surface area contributed by atoms with Crippen LogP contribution in [0, 0.1) is 6.92 Å². The van der Waals surface area contributed by atoms with E-state index in [-0.39, 0.29) is 5.78 Å². The largest absolute Gasteiger partial charge is 0.437 e. The third-order valence-corrected chi connectivity index (χ3v) is 2.66. The van der Waals surface area contributed by atoms with Gasteiger partial charge in [0.15, 0.2) is 17.4 Å². The smallest absolute Gasteiger partial charge is 0.200 e. The molecule has 0 N–H and O–H groups in total. The molecule has 0 spiro atoms. The second-order valence-electron chi connectivity index (χ2n) is 4.09. The number of nitrogens with zero attached hydrogens (tertiary/aromatic N) is 1. The molecule has 88 valence electrons. The highest BCUT2D eigenvalue weighted by Crippen LogP contribution is 2.26. The molecule has 1 aromatic carbocycles. The lowest BCUT2D eigenvalue weighted by Gasteiger charge is -2.16. The summed E-state index contributed by atoms with van der Waals surface area (Å²) in [5.74, 6) is 0.995. The van der Waals surface area contributed by atoms with Gasteiger partial charge < -0.3 is 9.32 Å². The highest BCUT2D eigenvalue weighted by atomic mass is 16.4. The second kappa shape index (κ2) is 4.45. The first kappa shape index (κ1) is 11.5. The lowest BCUT2D eigenvalue weighted by Crippen LogP contribution is -2.08. The Morgan fingerprint density at radius 3 is 2.59 bits per heavy atom. The molecule has 3 heteroatoms. The molecule has 0 unspecified atom stereocenters. The van der Waals surface area contributed by atoms with Gasteiger partial charge in [-0.1, -0.05) is 12.1 Å². The first-order chi connectivity index (χ1) is 8.08. The number of benzene rings is 1. The summed E-state index contributed by atoms with van der Waals surface area (Å²) in [6.45, 7) is 3.54. The predicted octanol–water partition coefficient (Wildman–Crippen LogP) is 3.56. The summed E-state index contributed by atoms with van der Waals surface area (Å²) in [5, 5.41) is 0. The quantitative estimate of drug-likeness (QED) is 0.754. The minimum Gasteiger partial charge on any atom is -0.437 e. The van der Waals surface area contributed by atoms with Crippen molar-refractivity contribution in [1.82, 2.24) is 0 Å². The molecule has 0 atom stereocenters. The van der Waals surface area contributed by atoms with Crippen molar-refractivity contribution >= 4 is 17.4 Å². The molecule has 0 saturated heterocycles. The monoisotopic (exact) mass is 229 g/mol. The first-order valence-corrected chi connectivity index (χ1v) is 5.49. The molecule has 2 aromatic rings. The summed E-state index contributed by atoms with van der Waals surface area (Å²) >= 11 is 0. The third kappa shape index (κ3) is 2.38. The van der Waals surface area contributed by atoms with Crippen molar-refractivity contribution in [3.8, 4) is 0 Å². The van der Waals surface area contributed by atoms with Gasteiger partial charge >= 0.3 is 0 Å². The van der Waals surface area contributed by atoms with E-state index in [2.05, 4.69) is 6.07 Å². The van der Waals surface area contributed by atoms with Crippen LogP contribution in [0.5, 0.6) is 0 Å². The maximum absolute atomic E-state index is 11.2. The Bertz CT molecular complexity index is 543. The number of hydrogen-bond donors (Lipinski definition) is 0. The van der Waals surface area contributed by atoms with Crippen molar-refractivity contribution in [2.45, 2.75) is 13.8 Å². The van der Waals surface area contributed by atoms with Gasteiger partial charge in [0.2, 0.25) is 0 Å². The molecule has 3 nitrogen and oxygen atoms in total. The molecule has 17 heavy (non-hydrogen) atoms. The Labute approximate surface area is 101 Å². The van der Waals surface area contributed by atoms with Gasteiger partial charge in [0.1, 0.15) is 0 Å². The highest BCUT2D eigenvalue weighted by molar-refractivity contribution is 5.91. The number of hydrogen-bond acceptors (Lipinski definition) is 3. The Kier molecular flexibility index (Phi) is 3.00. The van der Waals surface area contributed by atoms with Crippen molar-refractivity contribution in [2.75, 3.05) is 11.9 Å². The molecule has 0 aliphatic heterocycles. The fourth-order valence-electron chi connectivity index (χ4n) is 1.66. The molecule has 0 aliphatic carbocycles. The average Bonchev–Trinajstić information content (AvgIpc) is 2.77. The zero-order valence-corrected chi connectivity index (χ0v) is 10.2. The van der Waals surface area contributed by atoms with Gasteiger partial charge in [-0.3, -0.25) is 4.79 Å². The van der Waals surface area contributed by atoms with Crippen molar-refractivity contribution in [3.05, 3.63) is 47.7 Å². The van der Waals surface area contributed by atoms with Crippen molar-refractivity contribution < 1.29 is 9.21 Å². The molecule has 0 amide bonds. The number of carbonyl (C=O) groups is 1. The number of ketones is 1. The van der Waals surface area contributed by atoms with Crippen LogP contribution in [0.1, 0.15) is 23.0 Å². The van der Waals surface area contributed by atoms with Gasteiger partial charge in [-0.25, -0.2) is 0 Å². The zero-order valence-electron chi connectivity index (χ0n) is 10.2. The molecule has 0 aliphatic rings. The topological polar surface area (TPSA) is 33.5 Å². The molecular weight excluding hydrogens is 214 g/mol. The molecule has 0 bridgehead atoms. The molecule has 1 aromatic heterocycles. The zero-order chi connectivity index (χ0) is 12.4. The Morgan fingerprint density at radius 2 is 2.00 bits per heavy atom. The number of Topliss-reactive ketones (excluding diaryl/α,β-unsaturated/α-hetero) is 1. The minimum atomic E-state index is -0.0612.